The molecule has 0 bridgehead atoms. The summed E-state index contributed by atoms with van der Waals surface area (Å²) in [4.78, 5) is 55.9. The van der Waals surface area contributed by atoms with Gasteiger partial charge in [0.15, 0.2) is 25.0 Å². The summed E-state index contributed by atoms with van der Waals surface area (Å²) >= 11 is 0. The molecule has 18 heteroatoms. The van der Waals surface area contributed by atoms with Crippen LogP contribution in [0, 0.1) is 17.8 Å². The standard InChI is InChI=1S/C50H84N2O16/c1-15-38(54)64-37-26-39(55)60-30(5)19-17-16-18-20-36(65-40-22-21-35(51(10)11)31(6)61-40)29(4)25-34(23-24-53)45(46(37)59-14)67-49-43(56)42(52(12)13)44(32(7)63-49)66-41-27-50(9,58)47(33(8)62-41)68-48(57)28(2)3/h16-18,20,24,28-37,40-47,49,56,58H,15,19,21-23,25-27H2,1-14H3/t29-,30-,31?,32?,33?,34+,35?,36?,37?,40?,41?,42?,43?,44?,45+,46+,47?,49?,50?/m1/s1. The Balaban J connectivity index is 1.72. The Morgan fingerprint density at radius 3 is 2.18 bits per heavy atom. The van der Waals surface area contributed by atoms with Gasteiger partial charge in [0, 0.05) is 38.8 Å². The molecule has 68 heavy (non-hydrogen) atoms. The highest BCUT2D eigenvalue weighted by Gasteiger charge is 2.53. The topological polar surface area (TPSA) is 208 Å². The third-order valence-corrected chi connectivity index (χ3v) is 13.6. The second-order valence-corrected chi connectivity index (χ2v) is 20.2. The number of cyclic esters (lactones) is 1. The van der Waals surface area contributed by atoms with Crippen molar-refractivity contribution in [3.63, 3.8) is 0 Å². The SMILES string of the molecule is CCC(=O)OC1CC(=O)O[C@H](C)CC=CC=CC(OC2CCC(N(C)C)C(C)O2)[C@H](C)C[C@H](CC=O)[C@H](OC2OC(C)C(OC3CC(C)(O)C(OC(=O)C(C)C)C(C)O3)C(N(C)C)C2O)[C@H]1OC. The third kappa shape index (κ3) is 15.8. The molecular weight excluding hydrogens is 885 g/mol. The molecule has 0 radical (unpaired) electrons. The summed E-state index contributed by atoms with van der Waals surface area (Å²) in [6, 6.07) is -0.551. The lowest BCUT2D eigenvalue weighted by Gasteiger charge is -2.50. The largest absolute Gasteiger partial charge is 0.462 e. The number of esters is 3. The molecule has 18 nitrogen and oxygen atoms in total. The van der Waals surface area contributed by atoms with Gasteiger partial charge in [0.05, 0.1) is 48.9 Å². The van der Waals surface area contributed by atoms with Crippen molar-refractivity contribution in [1.82, 2.24) is 9.80 Å². The van der Waals surface area contributed by atoms with Gasteiger partial charge in [-0.25, -0.2) is 0 Å². The van der Waals surface area contributed by atoms with Gasteiger partial charge in [-0.05, 0) is 93.9 Å². The van der Waals surface area contributed by atoms with E-state index in [0.717, 1.165) is 12.7 Å². The monoisotopic (exact) mass is 969 g/mol. The van der Waals surface area contributed by atoms with Crippen LogP contribution >= 0.6 is 0 Å². The molecule has 0 aromatic rings. The lowest BCUT2D eigenvalue weighted by Crippen LogP contribution is -2.66. The molecule has 14 unspecified atom stereocenters. The summed E-state index contributed by atoms with van der Waals surface area (Å²) in [5.74, 6) is -3.03. The van der Waals surface area contributed by atoms with E-state index in [0.29, 0.717) is 19.3 Å². The van der Waals surface area contributed by atoms with Gasteiger partial charge in [0.2, 0.25) is 0 Å². The second kappa shape index (κ2) is 26.5. The molecular formula is C50H84N2O16. The number of allylic oxidation sites excluding steroid dienone is 2. The number of carbonyl (C=O) groups is 4. The Hall–Kier alpha value is -2.88. The maximum Gasteiger partial charge on any atom is 0.309 e. The first-order valence-corrected chi connectivity index (χ1v) is 24.6. The number of aliphatic hydroxyl groups excluding tert-OH is 1. The molecule has 3 saturated heterocycles. The number of hydrogen-bond donors (Lipinski definition) is 2. The molecule has 4 rings (SSSR count). The number of aldehydes is 1. The Bertz CT molecular complexity index is 1660. The molecule has 4 aliphatic heterocycles. The fourth-order valence-electron chi connectivity index (χ4n) is 9.92. The maximum atomic E-state index is 13.6. The Morgan fingerprint density at radius 1 is 0.897 bits per heavy atom. The van der Waals surface area contributed by atoms with Crippen molar-refractivity contribution >= 4 is 24.2 Å². The van der Waals surface area contributed by atoms with Crippen LogP contribution < -0.4 is 0 Å². The van der Waals surface area contributed by atoms with Crippen LogP contribution in [0.15, 0.2) is 24.3 Å². The van der Waals surface area contributed by atoms with Crippen LogP contribution in [0.2, 0.25) is 0 Å². The molecule has 4 heterocycles. The zero-order valence-corrected chi connectivity index (χ0v) is 43.0. The van der Waals surface area contributed by atoms with Gasteiger partial charge in [0.1, 0.15) is 42.4 Å². The minimum Gasteiger partial charge on any atom is -0.462 e. The molecule has 0 saturated carbocycles. The molecule has 19 atom stereocenters. The van der Waals surface area contributed by atoms with Gasteiger partial charge in [0.25, 0.3) is 0 Å². The van der Waals surface area contributed by atoms with Crippen LogP contribution in [0.1, 0.15) is 114 Å². The molecule has 0 amide bonds. The lowest BCUT2D eigenvalue weighted by molar-refractivity contribution is -0.344. The first-order valence-electron chi connectivity index (χ1n) is 24.6. The summed E-state index contributed by atoms with van der Waals surface area (Å²) in [6.45, 7) is 15.9. The van der Waals surface area contributed by atoms with E-state index < -0.39 is 121 Å². The summed E-state index contributed by atoms with van der Waals surface area (Å²) in [5, 5.41) is 23.9. The predicted octanol–water partition coefficient (Wildman–Crippen LogP) is 4.49. The lowest BCUT2D eigenvalue weighted by atomic mass is 9.82. The van der Waals surface area contributed by atoms with E-state index in [-0.39, 0.29) is 43.7 Å². The van der Waals surface area contributed by atoms with E-state index in [1.54, 1.807) is 67.5 Å². The summed E-state index contributed by atoms with van der Waals surface area (Å²) in [5.41, 5.74) is -1.51. The minimum atomic E-state index is -1.51. The average molecular weight is 969 g/mol. The minimum absolute atomic E-state index is 0.00252. The highest BCUT2D eigenvalue weighted by atomic mass is 16.7. The van der Waals surface area contributed by atoms with E-state index in [4.69, 9.17) is 47.4 Å². The normalized spacial score (nSPS) is 40.2. The van der Waals surface area contributed by atoms with Crippen molar-refractivity contribution in [3.8, 4) is 0 Å². The Morgan fingerprint density at radius 2 is 1.59 bits per heavy atom. The number of rotatable bonds is 15. The number of carbonyl (C=O) groups excluding carboxylic acids is 4. The fourth-order valence-corrected chi connectivity index (χ4v) is 9.92. The molecule has 0 aliphatic carbocycles. The fraction of sp³-hybridized carbons (Fsp3) is 0.840. The van der Waals surface area contributed by atoms with Crippen molar-refractivity contribution in [2.75, 3.05) is 35.3 Å². The number of hydrogen-bond acceptors (Lipinski definition) is 18. The number of likely N-dealkylation sites (N-methyl/N-ethyl adjacent to an activating group) is 2. The maximum absolute atomic E-state index is 13.6. The van der Waals surface area contributed by atoms with Crippen molar-refractivity contribution in [3.05, 3.63) is 24.3 Å². The van der Waals surface area contributed by atoms with Crippen molar-refractivity contribution in [2.24, 2.45) is 17.8 Å². The van der Waals surface area contributed by atoms with Gasteiger partial charge in [-0.3, -0.25) is 14.4 Å². The number of methoxy groups -OCH3 is 1. The Kier molecular flexibility index (Phi) is 22.5. The quantitative estimate of drug-likeness (QED) is 0.132. The molecule has 0 aromatic carbocycles. The smallest absolute Gasteiger partial charge is 0.309 e. The van der Waals surface area contributed by atoms with Crippen molar-refractivity contribution in [2.45, 2.75) is 217 Å². The molecule has 390 valence electrons. The third-order valence-electron chi connectivity index (χ3n) is 13.6. The van der Waals surface area contributed by atoms with E-state index in [2.05, 4.69) is 4.90 Å². The van der Waals surface area contributed by atoms with Gasteiger partial charge in [-0.2, -0.15) is 0 Å². The van der Waals surface area contributed by atoms with Crippen molar-refractivity contribution < 1.29 is 76.8 Å². The van der Waals surface area contributed by atoms with Gasteiger partial charge in [-0.1, -0.05) is 52.0 Å². The molecule has 0 spiro atoms. The second-order valence-electron chi connectivity index (χ2n) is 20.2. The number of aliphatic hydroxyl groups is 2. The van der Waals surface area contributed by atoms with Crippen LogP contribution in [0.3, 0.4) is 0 Å². The number of nitrogens with zero attached hydrogens (tertiary/aromatic N) is 2. The zero-order valence-electron chi connectivity index (χ0n) is 43.0. The van der Waals surface area contributed by atoms with E-state index in [1.807, 2.05) is 52.2 Å². The van der Waals surface area contributed by atoms with Crippen LogP contribution in [0.4, 0.5) is 0 Å². The molecule has 4 aliphatic rings. The van der Waals surface area contributed by atoms with Gasteiger partial charge < -0.3 is 72.2 Å². The average Bonchev–Trinajstić information content (AvgIpc) is 3.24. The first kappa shape index (κ1) is 57.7. The van der Waals surface area contributed by atoms with E-state index in [1.165, 1.54) is 7.11 Å². The van der Waals surface area contributed by atoms with E-state index in [9.17, 15) is 29.4 Å². The van der Waals surface area contributed by atoms with Crippen LogP contribution in [0.25, 0.3) is 0 Å². The molecule has 3 fully saturated rings. The summed E-state index contributed by atoms with van der Waals surface area (Å²) in [6.07, 6.45) is -1.94. The highest BCUT2D eigenvalue weighted by Crippen LogP contribution is 2.38. The zero-order chi connectivity index (χ0) is 50.6. The van der Waals surface area contributed by atoms with Gasteiger partial charge in [-0.15, -0.1) is 0 Å². The highest BCUT2D eigenvalue weighted by molar-refractivity contribution is 5.73. The predicted molar refractivity (Wildman–Crippen MR) is 250 cm³/mol. The van der Waals surface area contributed by atoms with E-state index >= 15 is 0 Å². The van der Waals surface area contributed by atoms with Crippen LogP contribution in [0.5, 0.6) is 0 Å². The summed E-state index contributed by atoms with van der Waals surface area (Å²) < 4.78 is 62.9. The van der Waals surface area contributed by atoms with Crippen LogP contribution in [-0.4, -0.2) is 183 Å². The Labute approximate surface area is 404 Å². The molecule has 2 N–H and O–H groups in total. The first-order chi connectivity index (χ1) is 32.0. The van der Waals surface area contributed by atoms with Gasteiger partial charge >= 0.3 is 17.9 Å². The van der Waals surface area contributed by atoms with Crippen LogP contribution in [-0.2, 0) is 66.5 Å². The molecule has 0 aromatic heterocycles. The number of ether oxygens (including phenoxy) is 10. The summed E-state index contributed by atoms with van der Waals surface area (Å²) in [7, 11) is 9.03. The van der Waals surface area contributed by atoms with Crippen molar-refractivity contribution in [1.29, 1.82) is 0 Å².